The van der Waals surface area contributed by atoms with Crippen LogP contribution in [0.15, 0.2) is 231 Å². The molecule has 0 N–H and O–H groups in total. The van der Waals surface area contributed by atoms with Gasteiger partial charge in [0.05, 0.1) is 22.6 Å². The standard InChI is InChI=1S/C57H38N3OPS/c61-62(45-24-12-4-13-25-45,46-26-14-5-15-27-46)47-36-34-41(35-37-47)52-53-54(42-20-8-2-9-21-42)58-49-29-17-16-28-48(49)56(53)63-55(52)43-32-30-40(31-33-43)51-38-50(39-18-6-1-7-19-39)59-57(60-51)44-22-10-3-11-23-44/h1-38H. The van der Waals surface area contributed by atoms with Crippen LogP contribution in [0.4, 0.5) is 0 Å². The molecule has 298 valence electrons. The summed E-state index contributed by atoms with van der Waals surface area (Å²) in [6.45, 7) is 0. The number of fused-ring (bicyclic) bond motifs is 3. The Morgan fingerprint density at radius 1 is 0.381 bits per heavy atom. The Kier molecular flexibility index (Phi) is 9.97. The van der Waals surface area contributed by atoms with Crippen molar-refractivity contribution < 1.29 is 4.57 Å². The third-order valence-electron chi connectivity index (χ3n) is 11.6. The third-order valence-corrected chi connectivity index (χ3v) is 16.0. The van der Waals surface area contributed by atoms with Crippen LogP contribution in [0.3, 0.4) is 0 Å². The number of para-hydroxylation sites is 1. The summed E-state index contributed by atoms with van der Waals surface area (Å²) in [7, 11) is -3.18. The van der Waals surface area contributed by atoms with Crippen molar-refractivity contribution in [1.29, 1.82) is 0 Å². The van der Waals surface area contributed by atoms with Crippen molar-refractivity contribution in [2.75, 3.05) is 0 Å². The SMILES string of the molecule is O=P(c1ccccc1)(c1ccccc1)c1ccc(-c2c(-c3ccc(-c4cc(-c5ccccc5)nc(-c5ccccc5)n4)cc3)sc3c2c(-c2ccccc2)nc2ccccc23)cc1. The van der Waals surface area contributed by atoms with Crippen molar-refractivity contribution in [1.82, 2.24) is 15.0 Å². The molecule has 0 unspecified atom stereocenters. The average molecular weight is 844 g/mol. The predicted molar refractivity (Wildman–Crippen MR) is 265 cm³/mol. The zero-order chi connectivity index (χ0) is 42.2. The van der Waals surface area contributed by atoms with Crippen molar-refractivity contribution in [3.8, 4) is 66.7 Å². The number of aromatic nitrogens is 3. The van der Waals surface area contributed by atoms with Gasteiger partial charge in [-0.15, -0.1) is 11.3 Å². The van der Waals surface area contributed by atoms with Crippen molar-refractivity contribution in [2.45, 2.75) is 0 Å². The van der Waals surface area contributed by atoms with Crippen LogP contribution in [0.1, 0.15) is 0 Å². The van der Waals surface area contributed by atoms with Gasteiger partial charge in [-0.2, -0.15) is 0 Å². The largest absolute Gasteiger partial charge is 0.309 e. The normalized spacial score (nSPS) is 11.6. The maximum absolute atomic E-state index is 15.4. The highest BCUT2D eigenvalue weighted by Crippen LogP contribution is 2.51. The van der Waals surface area contributed by atoms with Gasteiger partial charge in [-0.1, -0.05) is 218 Å². The van der Waals surface area contributed by atoms with E-state index in [1.165, 1.54) is 4.70 Å². The van der Waals surface area contributed by atoms with Gasteiger partial charge >= 0.3 is 0 Å². The van der Waals surface area contributed by atoms with E-state index in [1.807, 2.05) is 103 Å². The van der Waals surface area contributed by atoms with Crippen LogP contribution in [0.5, 0.6) is 0 Å². The molecule has 0 aliphatic heterocycles. The van der Waals surface area contributed by atoms with Gasteiger partial charge in [0.2, 0.25) is 0 Å². The van der Waals surface area contributed by atoms with Crippen molar-refractivity contribution >= 4 is 55.4 Å². The Hall–Kier alpha value is -7.56. The van der Waals surface area contributed by atoms with E-state index in [1.54, 1.807) is 11.3 Å². The van der Waals surface area contributed by atoms with Gasteiger partial charge in [0.1, 0.15) is 0 Å². The Labute approximate surface area is 370 Å². The number of hydrogen-bond acceptors (Lipinski definition) is 5. The Bertz CT molecular complexity index is 3330. The summed E-state index contributed by atoms with van der Waals surface area (Å²) in [5.74, 6) is 0.683. The summed E-state index contributed by atoms with van der Waals surface area (Å²) in [6.07, 6.45) is 0. The van der Waals surface area contributed by atoms with Gasteiger partial charge in [0.15, 0.2) is 13.0 Å². The monoisotopic (exact) mass is 843 g/mol. The summed E-state index contributed by atoms with van der Waals surface area (Å²) in [4.78, 5) is 16.6. The second-order valence-corrected chi connectivity index (χ2v) is 19.2. The maximum atomic E-state index is 15.4. The first-order valence-electron chi connectivity index (χ1n) is 21.0. The van der Waals surface area contributed by atoms with Crippen LogP contribution in [0.25, 0.3) is 87.7 Å². The molecule has 0 spiro atoms. The summed E-state index contributed by atoms with van der Waals surface area (Å²) in [6, 6.07) is 78.3. The van der Waals surface area contributed by atoms with E-state index >= 15 is 4.57 Å². The molecule has 0 amide bonds. The summed E-state index contributed by atoms with van der Waals surface area (Å²) in [5, 5.41) is 4.61. The van der Waals surface area contributed by atoms with Gasteiger partial charge in [-0.05, 0) is 23.3 Å². The van der Waals surface area contributed by atoms with E-state index in [-0.39, 0.29) is 0 Å². The zero-order valence-corrected chi connectivity index (χ0v) is 35.8. The smallest absolute Gasteiger partial charge is 0.171 e. The molecule has 8 aromatic carbocycles. The fourth-order valence-corrected chi connectivity index (χ4v) is 12.5. The maximum Gasteiger partial charge on any atom is 0.171 e. The topological polar surface area (TPSA) is 55.7 Å². The summed E-state index contributed by atoms with van der Waals surface area (Å²) >= 11 is 1.79. The highest BCUT2D eigenvalue weighted by Gasteiger charge is 2.30. The Balaban J connectivity index is 1.10. The second-order valence-electron chi connectivity index (χ2n) is 15.5. The molecule has 0 fully saturated rings. The van der Waals surface area contributed by atoms with Crippen LogP contribution >= 0.6 is 18.5 Å². The van der Waals surface area contributed by atoms with E-state index in [0.29, 0.717) is 5.82 Å². The van der Waals surface area contributed by atoms with Crippen LogP contribution in [-0.2, 0) is 4.57 Å². The van der Waals surface area contributed by atoms with Gasteiger partial charge in [-0.3, -0.25) is 0 Å². The number of nitrogens with zero attached hydrogens (tertiary/aromatic N) is 3. The number of rotatable bonds is 9. The molecule has 0 aliphatic carbocycles. The van der Waals surface area contributed by atoms with E-state index in [2.05, 4.69) is 127 Å². The summed E-state index contributed by atoms with van der Waals surface area (Å²) in [5.41, 5.74) is 10.9. The molecule has 3 aromatic heterocycles. The van der Waals surface area contributed by atoms with Crippen LogP contribution in [-0.4, -0.2) is 15.0 Å². The molecule has 63 heavy (non-hydrogen) atoms. The number of thiophene rings is 1. The van der Waals surface area contributed by atoms with Crippen LogP contribution < -0.4 is 15.9 Å². The molecule has 6 heteroatoms. The zero-order valence-electron chi connectivity index (χ0n) is 34.0. The summed E-state index contributed by atoms with van der Waals surface area (Å²) < 4.78 is 16.6. The fourth-order valence-electron chi connectivity index (χ4n) is 8.49. The van der Waals surface area contributed by atoms with E-state index in [9.17, 15) is 0 Å². The van der Waals surface area contributed by atoms with Gasteiger partial charge in [0, 0.05) is 64.1 Å². The molecule has 11 rings (SSSR count). The lowest BCUT2D eigenvalue weighted by atomic mass is 9.94. The van der Waals surface area contributed by atoms with E-state index in [4.69, 9.17) is 15.0 Å². The minimum Gasteiger partial charge on any atom is -0.309 e. The molecule has 0 saturated carbocycles. The fraction of sp³-hybridized carbons (Fsp3) is 0. The third kappa shape index (κ3) is 7.08. The first-order valence-corrected chi connectivity index (χ1v) is 23.5. The highest BCUT2D eigenvalue weighted by molar-refractivity contribution is 7.85. The Morgan fingerprint density at radius 3 is 1.41 bits per heavy atom. The van der Waals surface area contributed by atoms with Crippen LogP contribution in [0, 0.1) is 0 Å². The van der Waals surface area contributed by atoms with Gasteiger partial charge in [-0.25, -0.2) is 15.0 Å². The minimum atomic E-state index is -3.18. The molecule has 3 heterocycles. The van der Waals surface area contributed by atoms with E-state index < -0.39 is 7.14 Å². The number of hydrogen-bond donors (Lipinski definition) is 0. The molecule has 4 nitrogen and oxygen atoms in total. The lowest BCUT2D eigenvalue weighted by molar-refractivity contribution is 0.592. The highest BCUT2D eigenvalue weighted by atomic mass is 32.1. The van der Waals surface area contributed by atoms with Crippen molar-refractivity contribution in [3.63, 3.8) is 0 Å². The quantitative estimate of drug-likeness (QED) is 0.136. The molecule has 0 aliphatic rings. The van der Waals surface area contributed by atoms with E-state index in [0.717, 1.165) is 93.1 Å². The number of pyridine rings is 1. The second kappa shape index (κ2) is 16.4. The minimum absolute atomic E-state index is 0.683. The van der Waals surface area contributed by atoms with Crippen molar-refractivity contribution in [3.05, 3.63) is 231 Å². The molecule has 11 aromatic rings. The first-order chi connectivity index (χ1) is 31.1. The molecular formula is C57H38N3OPS. The van der Waals surface area contributed by atoms with Gasteiger partial charge in [0.25, 0.3) is 0 Å². The molecule has 0 saturated heterocycles. The van der Waals surface area contributed by atoms with Crippen LogP contribution in [0.2, 0.25) is 0 Å². The molecule has 0 bridgehead atoms. The lowest BCUT2D eigenvalue weighted by Gasteiger charge is -2.20. The molecular weight excluding hydrogens is 806 g/mol. The average Bonchev–Trinajstić information content (AvgIpc) is 3.78. The van der Waals surface area contributed by atoms with Crippen molar-refractivity contribution in [2.24, 2.45) is 0 Å². The lowest BCUT2D eigenvalue weighted by Crippen LogP contribution is -2.24. The molecule has 0 atom stereocenters. The van der Waals surface area contributed by atoms with Gasteiger partial charge < -0.3 is 4.57 Å². The Morgan fingerprint density at radius 2 is 0.825 bits per heavy atom. The first kappa shape index (κ1) is 38.4. The predicted octanol–water partition coefficient (Wildman–Crippen LogP) is 13.9. The molecule has 0 radical (unpaired) electrons. The number of benzene rings is 8.